The Morgan fingerprint density at radius 2 is 0.426 bits per heavy atom. The largest absolute Gasteiger partial charge is 0.0619 e. The molecule has 0 nitrogen and oxygen atoms in total. The van der Waals surface area contributed by atoms with Crippen molar-refractivity contribution < 1.29 is 0 Å². The van der Waals surface area contributed by atoms with Crippen molar-refractivity contribution in [3.63, 3.8) is 0 Å². The van der Waals surface area contributed by atoms with Gasteiger partial charge >= 0.3 is 0 Å². The predicted molar refractivity (Wildman–Crippen MR) is 187 cm³/mol. The van der Waals surface area contributed by atoms with Gasteiger partial charge in [0.05, 0.1) is 0 Å². The fourth-order valence-electron chi connectivity index (χ4n) is 68.7. The van der Waals surface area contributed by atoms with Crippen molar-refractivity contribution in [1.29, 1.82) is 0 Å². The Balaban J connectivity index is 0.731. The summed E-state index contributed by atoms with van der Waals surface area (Å²) in [4.78, 5) is 0. The lowest BCUT2D eigenvalue weighted by atomic mass is 8.34. The molecule has 44 fully saturated rings. The van der Waals surface area contributed by atoms with Crippen molar-refractivity contribution in [2.45, 2.75) is 26.2 Å². The second-order valence-electron chi connectivity index (χ2n) is 39.7. The summed E-state index contributed by atoms with van der Waals surface area (Å²) in [5.41, 5.74) is 33.8. The van der Waals surface area contributed by atoms with Crippen LogP contribution < -0.4 is 0 Å². The van der Waals surface area contributed by atoms with Gasteiger partial charge in [-0.05, 0) is 341 Å². The van der Waals surface area contributed by atoms with Crippen LogP contribution in [0.3, 0.4) is 0 Å². The second kappa shape index (κ2) is 3.00. The first-order valence-corrected chi connectivity index (χ1v) is 30.3. The molecule has 280 valence electrons. The standard InChI is InChI=1S/C61H36/c1-5-12-15-8-4-11-18-22-25-29-28-24-20-16-9-2-6-14-7-3-10-17-21-26-30-31-27-23-19-13(5)35(12)37(15)34(8,11)40(18)44(22)48(25)51(29)50(28)46(24)42(20)38(16)32(6,9)36(14)33(7,10)39(17)43(21)47(26)52(30)53(31)49(27)45(23)41(19,35)55(37,40)57(44,45)59(48,49)61(51,53)60(50,52)58(46,47)56(42,43)54(36,38)39/h5-31H,2-4H2,1H3/t5?,6?,7?,8?,9-,10+,11+,12?,13-,14?,15?,16-,17+,18+,19?,20-,21+,22+,23-,24-,25+,26+,27-,28-,29+,30+,31-,32?,33?,34?,35?,36?,37?,38?,39?,40?,41?,42?,43?,44?,45?,46?,47?,48?,49?,50?,51?,52?,53?,54?,55?,56?,57?,58?,59?,60?,61?/m0/s1. The van der Waals surface area contributed by atoms with E-state index < -0.39 is 0 Å². The van der Waals surface area contributed by atoms with E-state index in [2.05, 4.69) is 6.92 Å². The minimum atomic E-state index is 1.08. The van der Waals surface area contributed by atoms with Crippen molar-refractivity contribution in [3.8, 4) is 0 Å². The van der Waals surface area contributed by atoms with Crippen molar-refractivity contribution in [2.75, 3.05) is 0 Å². The molecular formula is C61H36. The van der Waals surface area contributed by atoms with Crippen molar-refractivity contribution in [3.05, 3.63) is 0 Å². The first kappa shape index (κ1) is 20.3. The maximum atomic E-state index is 2.97. The van der Waals surface area contributed by atoms with Gasteiger partial charge in [0, 0.05) is 0 Å². The molecule has 0 bridgehead atoms. The van der Waals surface area contributed by atoms with Crippen LogP contribution in [-0.4, -0.2) is 0 Å². The third-order valence-electron chi connectivity index (χ3n) is 53.5. The molecule has 61 heavy (non-hydrogen) atoms. The van der Waals surface area contributed by atoms with Gasteiger partial charge in [-0.3, -0.25) is 0 Å². The van der Waals surface area contributed by atoms with Gasteiger partial charge in [-0.2, -0.15) is 0 Å². The van der Waals surface area contributed by atoms with E-state index in [0.717, 1.165) is 162 Å². The molecule has 0 aromatic rings. The average Bonchev–Trinajstić information content (AvgIpc) is 3.11. The van der Waals surface area contributed by atoms with E-state index in [-0.39, 0.29) is 0 Å². The first-order chi connectivity index (χ1) is 30.3. The molecule has 0 aromatic heterocycles. The smallest absolute Gasteiger partial charge is 0.000715 e. The Bertz CT molecular complexity index is 4250. The molecule has 0 saturated heterocycles. The molecule has 0 amide bonds. The van der Waals surface area contributed by atoms with E-state index in [1.165, 1.54) is 160 Å². The van der Waals surface area contributed by atoms with E-state index >= 15 is 0 Å². The van der Waals surface area contributed by atoms with E-state index in [9.17, 15) is 0 Å². The van der Waals surface area contributed by atoms with Crippen LogP contribution in [0.4, 0.5) is 0 Å². The summed E-state index contributed by atoms with van der Waals surface area (Å²) < 4.78 is 0. The minimum Gasteiger partial charge on any atom is -0.0619 e. The zero-order valence-corrected chi connectivity index (χ0v) is 33.7. The molecule has 0 heteroatoms. The molecule has 0 aromatic carbocycles. The molecule has 57 atom stereocenters. The van der Waals surface area contributed by atoms with Crippen LogP contribution in [-0.2, 0) is 0 Å². The second-order valence-corrected chi connectivity index (χ2v) is 39.7. The molecule has 30 spiro atoms. The third-order valence-corrected chi connectivity index (χ3v) is 53.5. The Morgan fingerprint density at radius 3 is 0.803 bits per heavy atom. The van der Waals surface area contributed by atoms with Crippen LogP contribution in [0.2, 0.25) is 0 Å². The van der Waals surface area contributed by atoms with E-state index in [0.29, 0.717) is 0 Å². The van der Waals surface area contributed by atoms with Gasteiger partial charge in [0.15, 0.2) is 0 Å². The lowest BCUT2D eigenvalue weighted by Gasteiger charge is -3.68. The van der Waals surface area contributed by atoms with Gasteiger partial charge in [-0.1, -0.05) is 6.92 Å². The van der Waals surface area contributed by atoms with Gasteiger partial charge < -0.3 is 0 Å². The molecule has 0 radical (unpaired) electrons. The van der Waals surface area contributed by atoms with E-state index in [4.69, 9.17) is 0 Å². The van der Waals surface area contributed by atoms with Gasteiger partial charge in [-0.25, -0.2) is 0 Å². The van der Waals surface area contributed by atoms with Crippen LogP contribution >= 0.6 is 0 Å². The molecule has 0 heterocycles. The molecular weight excluding hydrogens is 733 g/mol. The Morgan fingerprint density at radius 1 is 0.197 bits per heavy atom. The van der Waals surface area contributed by atoms with Crippen LogP contribution in [0.5, 0.6) is 0 Å². The molecule has 44 aliphatic carbocycles. The third kappa shape index (κ3) is 0.428. The molecule has 0 N–H and O–H groups in total. The highest BCUT2D eigenvalue weighted by Crippen LogP contribution is 3.72. The molecule has 44 saturated carbocycles. The number of hydrogen-bond donors (Lipinski definition) is 0. The number of hydrogen-bond acceptors (Lipinski definition) is 0. The molecule has 44 rings (SSSR count). The summed E-state index contributed by atoms with van der Waals surface area (Å²) in [6.45, 7) is 2.97. The summed E-state index contributed by atoms with van der Waals surface area (Å²) >= 11 is 0. The SMILES string of the molecule is CC1C2C3C4C[C@@H]5[C@@H]6[C@@H]7[C@@H]8[C@@H]9[C@@H]%10[C@@H]%11[C@@H]%12[C@@H]%13[C@@H]%14CC%15C%16C%17C[C@@H]%18[C@@H]%19[C@@H]%20[C@@H]%21[C@@H]%22[C@@H]%23[C@@H]%24[C@@H]%25C%26[C@H]1C21C32C45C63C74C85C96C%107C%118C%129C%13%10C%15%14C%16%11C%17%18C%19%12C%20%13C%21%14C%22%15C%23%16C%24%17C%25%18C%261C23C%184C%175C%166C%157C%148C%139C%11%12%10. The van der Waals surface area contributed by atoms with Crippen LogP contribution in [0.1, 0.15) is 26.2 Å². The Hall–Kier alpha value is 0. The Labute approximate surface area is 346 Å². The quantitative estimate of drug-likeness (QED) is 0.326. The minimum absolute atomic E-state index is 1.08. The summed E-state index contributed by atoms with van der Waals surface area (Å²) in [5.74, 6) is 37.7. The highest BCUT2D eigenvalue weighted by atomic mass is 15.7. The molecule has 38 unspecified atom stereocenters. The lowest BCUT2D eigenvalue weighted by Crippen LogP contribution is -3.67. The first-order valence-electron chi connectivity index (χ1n) is 30.3. The predicted octanol–water partition coefficient (Wildman–Crippen LogP) is 5.00. The van der Waals surface area contributed by atoms with Gasteiger partial charge in [-0.15, -0.1) is 0 Å². The zero-order valence-electron chi connectivity index (χ0n) is 33.7. The number of fused-ring (bicyclic) bond motifs is 22. The topological polar surface area (TPSA) is 0 Å². The van der Waals surface area contributed by atoms with Gasteiger partial charge in [0.1, 0.15) is 0 Å². The van der Waals surface area contributed by atoms with Gasteiger partial charge in [0.2, 0.25) is 0 Å². The van der Waals surface area contributed by atoms with Crippen molar-refractivity contribution in [2.24, 2.45) is 322 Å². The van der Waals surface area contributed by atoms with Crippen LogP contribution in [0, 0.1) is 322 Å². The molecule has 44 aliphatic rings. The lowest BCUT2D eigenvalue weighted by molar-refractivity contribution is -1.24. The highest BCUT2D eigenvalue weighted by molar-refractivity contribution is 6.15. The molecule has 0 aliphatic heterocycles. The fraction of sp³-hybridized carbons (Fsp3) is 1.00. The average molecular weight is 769 g/mol. The van der Waals surface area contributed by atoms with Gasteiger partial charge in [0.25, 0.3) is 0 Å². The van der Waals surface area contributed by atoms with E-state index in [1.54, 1.807) is 0 Å². The van der Waals surface area contributed by atoms with Crippen molar-refractivity contribution >= 4 is 0 Å². The maximum Gasteiger partial charge on any atom is -0.000715 e. The maximum absolute atomic E-state index is 2.97. The summed E-state index contributed by atoms with van der Waals surface area (Å²) in [6.07, 6.45) is 5.55. The number of rotatable bonds is 0. The van der Waals surface area contributed by atoms with Crippen LogP contribution in [0.25, 0.3) is 0 Å². The van der Waals surface area contributed by atoms with Crippen LogP contribution in [0.15, 0.2) is 0 Å². The van der Waals surface area contributed by atoms with Crippen molar-refractivity contribution in [1.82, 2.24) is 0 Å². The monoisotopic (exact) mass is 768 g/mol. The summed E-state index contributed by atoms with van der Waals surface area (Å²) in [6, 6.07) is 0. The summed E-state index contributed by atoms with van der Waals surface area (Å²) in [7, 11) is 0. The highest BCUT2D eigenvalue weighted by Gasteiger charge is 3.71. The van der Waals surface area contributed by atoms with E-state index in [1.807, 2.05) is 19.3 Å². The summed E-state index contributed by atoms with van der Waals surface area (Å²) in [5, 5.41) is 0. The Kier molecular flexibility index (Phi) is 0.997. The fourth-order valence-corrected chi connectivity index (χ4v) is 68.7. The normalized spacial score (nSPS) is 143. The zero-order chi connectivity index (χ0) is 33.7.